The first kappa shape index (κ1) is 23.4. The van der Waals surface area contributed by atoms with Crippen molar-refractivity contribution in [2.75, 3.05) is 46.4 Å². The van der Waals surface area contributed by atoms with Crippen LogP contribution in [-0.4, -0.2) is 74.1 Å². The normalized spacial score (nSPS) is 18.8. The average Bonchev–Trinajstić information content (AvgIpc) is 3.39. The molecular weight excluding hydrogens is 440 g/mol. The number of rotatable bonds is 7. The largest absolute Gasteiger partial charge is 0.497 e. The van der Waals surface area contributed by atoms with E-state index in [1.165, 1.54) is 6.26 Å². The molecule has 10 heteroatoms. The fourth-order valence-corrected chi connectivity index (χ4v) is 4.15. The molecule has 10 nitrogen and oxygen atoms in total. The number of ether oxygens (including phenoxy) is 2. The van der Waals surface area contributed by atoms with E-state index in [-0.39, 0.29) is 12.5 Å². The van der Waals surface area contributed by atoms with E-state index in [0.29, 0.717) is 61.1 Å². The van der Waals surface area contributed by atoms with E-state index in [4.69, 9.17) is 13.9 Å². The number of hydrogen-bond donors (Lipinski definition) is 2. The molecule has 2 aliphatic rings. The molecule has 4 rings (SSSR count). The molecule has 1 saturated heterocycles. The second-order valence-corrected chi connectivity index (χ2v) is 7.97. The van der Waals surface area contributed by atoms with Crippen LogP contribution in [0.25, 0.3) is 0 Å². The van der Waals surface area contributed by atoms with E-state index >= 15 is 0 Å². The molecule has 2 N–H and O–H groups in total. The van der Waals surface area contributed by atoms with Crippen LogP contribution in [0.15, 0.2) is 58.3 Å². The van der Waals surface area contributed by atoms with Crippen molar-refractivity contribution in [3.8, 4) is 5.75 Å². The number of nitrogens with zero attached hydrogens (tertiary/aromatic N) is 2. The lowest BCUT2D eigenvalue weighted by Crippen LogP contribution is -2.52. The Bertz CT molecular complexity index is 1070. The van der Waals surface area contributed by atoms with E-state index in [1.807, 2.05) is 6.07 Å². The quantitative estimate of drug-likeness (QED) is 0.597. The lowest BCUT2D eigenvalue weighted by atomic mass is 9.94. The fraction of sp³-hybridized carbons (Fsp3) is 0.375. The summed E-state index contributed by atoms with van der Waals surface area (Å²) in [6.07, 6.45) is 1.48. The van der Waals surface area contributed by atoms with Crippen molar-refractivity contribution in [1.82, 2.24) is 20.4 Å². The maximum absolute atomic E-state index is 13.0. The Labute approximate surface area is 197 Å². The molecule has 1 atom stereocenters. The SMILES string of the molecule is CCOC(=O)C1=C(CN2CCN(C(=O)c3ccco3)CC2)NC(=O)N[C@@H]1c1cccc(OC)c1. The first-order chi connectivity index (χ1) is 16.5. The van der Waals surface area contributed by atoms with Gasteiger partial charge in [-0.15, -0.1) is 0 Å². The van der Waals surface area contributed by atoms with Gasteiger partial charge in [0, 0.05) is 38.4 Å². The smallest absolute Gasteiger partial charge is 0.338 e. The van der Waals surface area contributed by atoms with Gasteiger partial charge in [0.25, 0.3) is 5.91 Å². The highest BCUT2D eigenvalue weighted by molar-refractivity contribution is 5.95. The molecule has 0 spiro atoms. The first-order valence-electron chi connectivity index (χ1n) is 11.2. The zero-order valence-corrected chi connectivity index (χ0v) is 19.2. The standard InChI is InChI=1S/C24H28N4O6/c1-3-33-23(30)20-18(25-24(31)26-21(20)16-6-4-7-17(14-16)32-2)15-27-9-11-28(12-10-27)22(29)19-8-5-13-34-19/h4-8,13-14,21H,3,9-12,15H2,1-2H3,(H2,25,26,31)/t21-/m1/s1. The van der Waals surface area contributed by atoms with Crippen LogP contribution in [0, 0.1) is 0 Å². The van der Waals surface area contributed by atoms with Gasteiger partial charge in [-0.2, -0.15) is 0 Å². The minimum absolute atomic E-state index is 0.149. The number of piperazine rings is 1. The number of carbonyl (C=O) groups excluding carboxylic acids is 3. The Morgan fingerprint density at radius 2 is 1.94 bits per heavy atom. The third kappa shape index (κ3) is 5.07. The van der Waals surface area contributed by atoms with E-state index in [0.717, 1.165) is 0 Å². The Kier molecular flexibility index (Phi) is 7.17. The average molecular weight is 469 g/mol. The van der Waals surface area contributed by atoms with Crippen molar-refractivity contribution >= 4 is 17.9 Å². The van der Waals surface area contributed by atoms with Crippen LogP contribution in [0.1, 0.15) is 29.1 Å². The molecule has 180 valence electrons. The van der Waals surface area contributed by atoms with E-state index in [9.17, 15) is 14.4 Å². The van der Waals surface area contributed by atoms with Crippen molar-refractivity contribution in [3.63, 3.8) is 0 Å². The topological polar surface area (TPSA) is 113 Å². The van der Waals surface area contributed by atoms with Crippen LogP contribution in [0.3, 0.4) is 0 Å². The molecule has 1 fully saturated rings. The van der Waals surface area contributed by atoms with Crippen LogP contribution < -0.4 is 15.4 Å². The predicted molar refractivity (Wildman–Crippen MR) is 122 cm³/mol. The van der Waals surface area contributed by atoms with E-state index < -0.39 is 18.0 Å². The zero-order chi connectivity index (χ0) is 24.1. The molecular formula is C24H28N4O6. The summed E-state index contributed by atoms with van der Waals surface area (Å²) in [5.41, 5.74) is 1.55. The van der Waals surface area contributed by atoms with Gasteiger partial charge < -0.3 is 29.4 Å². The molecule has 1 aromatic heterocycles. The molecule has 2 aliphatic heterocycles. The molecule has 34 heavy (non-hydrogen) atoms. The van der Waals surface area contributed by atoms with Gasteiger partial charge >= 0.3 is 12.0 Å². The number of amides is 3. The minimum Gasteiger partial charge on any atom is -0.497 e. The van der Waals surface area contributed by atoms with Gasteiger partial charge in [0.05, 0.1) is 31.6 Å². The number of carbonyl (C=O) groups is 3. The molecule has 2 aromatic rings. The van der Waals surface area contributed by atoms with Crippen LogP contribution in [-0.2, 0) is 9.53 Å². The van der Waals surface area contributed by atoms with Gasteiger partial charge in [0.15, 0.2) is 5.76 Å². The third-order valence-corrected chi connectivity index (χ3v) is 5.85. The van der Waals surface area contributed by atoms with Gasteiger partial charge in [0.1, 0.15) is 5.75 Å². The van der Waals surface area contributed by atoms with Gasteiger partial charge in [0.2, 0.25) is 0 Å². The first-order valence-corrected chi connectivity index (χ1v) is 11.2. The van der Waals surface area contributed by atoms with Crippen molar-refractivity contribution in [3.05, 3.63) is 65.3 Å². The van der Waals surface area contributed by atoms with E-state index in [1.54, 1.807) is 49.3 Å². The molecule has 3 amide bonds. The van der Waals surface area contributed by atoms with E-state index in [2.05, 4.69) is 15.5 Å². The van der Waals surface area contributed by atoms with Crippen LogP contribution in [0.4, 0.5) is 4.79 Å². The number of furan rings is 1. The number of benzene rings is 1. The predicted octanol–water partition coefficient (Wildman–Crippen LogP) is 1.92. The van der Waals surface area contributed by atoms with Crippen molar-refractivity contribution in [1.29, 1.82) is 0 Å². The molecule has 1 aromatic carbocycles. The second kappa shape index (κ2) is 10.4. The molecule has 3 heterocycles. The van der Waals surface area contributed by atoms with Gasteiger partial charge in [-0.25, -0.2) is 9.59 Å². The van der Waals surface area contributed by atoms with Gasteiger partial charge in [-0.3, -0.25) is 9.69 Å². The summed E-state index contributed by atoms with van der Waals surface area (Å²) in [5, 5.41) is 5.63. The number of hydrogen-bond acceptors (Lipinski definition) is 7. The summed E-state index contributed by atoms with van der Waals surface area (Å²) in [6, 6.07) is 9.47. The van der Waals surface area contributed by atoms with Crippen LogP contribution in [0.5, 0.6) is 5.75 Å². The maximum atomic E-state index is 13.0. The summed E-state index contributed by atoms with van der Waals surface area (Å²) < 4.78 is 15.9. The van der Waals surface area contributed by atoms with Gasteiger partial charge in [-0.05, 0) is 36.8 Å². The lowest BCUT2D eigenvalue weighted by Gasteiger charge is -2.36. The van der Waals surface area contributed by atoms with Crippen molar-refractivity contribution in [2.24, 2.45) is 0 Å². The fourth-order valence-electron chi connectivity index (χ4n) is 4.15. The monoisotopic (exact) mass is 468 g/mol. The molecule has 0 radical (unpaired) electrons. The van der Waals surface area contributed by atoms with Crippen molar-refractivity contribution < 1.29 is 28.3 Å². The third-order valence-electron chi connectivity index (χ3n) is 5.85. The summed E-state index contributed by atoms with van der Waals surface area (Å²) >= 11 is 0. The molecule has 0 unspecified atom stereocenters. The molecule has 0 bridgehead atoms. The zero-order valence-electron chi connectivity index (χ0n) is 19.2. The summed E-state index contributed by atoms with van der Waals surface area (Å²) in [4.78, 5) is 41.9. The minimum atomic E-state index is -0.681. The lowest BCUT2D eigenvalue weighted by molar-refractivity contribution is -0.139. The summed E-state index contributed by atoms with van der Waals surface area (Å²) in [5.74, 6) is 0.286. The Hall–Kier alpha value is -3.79. The Balaban J connectivity index is 1.55. The Morgan fingerprint density at radius 1 is 1.15 bits per heavy atom. The second-order valence-electron chi connectivity index (χ2n) is 7.97. The number of methoxy groups -OCH3 is 1. The highest BCUT2D eigenvalue weighted by Crippen LogP contribution is 2.30. The van der Waals surface area contributed by atoms with Crippen LogP contribution >= 0.6 is 0 Å². The summed E-state index contributed by atoms with van der Waals surface area (Å²) in [6.45, 7) is 4.47. The molecule has 0 aliphatic carbocycles. The number of nitrogens with one attached hydrogen (secondary N) is 2. The number of esters is 1. The maximum Gasteiger partial charge on any atom is 0.338 e. The van der Waals surface area contributed by atoms with Crippen molar-refractivity contribution in [2.45, 2.75) is 13.0 Å². The summed E-state index contributed by atoms with van der Waals surface area (Å²) in [7, 11) is 1.56. The van der Waals surface area contributed by atoms with Crippen LogP contribution in [0.2, 0.25) is 0 Å². The van der Waals surface area contributed by atoms with Gasteiger partial charge in [-0.1, -0.05) is 12.1 Å². The number of urea groups is 1. The Morgan fingerprint density at radius 3 is 2.62 bits per heavy atom. The highest BCUT2D eigenvalue weighted by Gasteiger charge is 2.35. The molecule has 0 saturated carbocycles. The highest BCUT2D eigenvalue weighted by atomic mass is 16.5.